The molecule has 1 rings (SSSR count). The van der Waals surface area contributed by atoms with E-state index in [1.165, 1.54) is 18.2 Å². The largest absolute Gasteiger partial charge is 0.471 e. The zero-order valence-electron chi connectivity index (χ0n) is 13.7. The van der Waals surface area contributed by atoms with Gasteiger partial charge in [-0.3, -0.25) is 9.69 Å². The summed E-state index contributed by atoms with van der Waals surface area (Å²) in [5, 5.41) is 9.52. The topological polar surface area (TPSA) is 77.9 Å². The van der Waals surface area contributed by atoms with Crippen LogP contribution < -0.4 is 0 Å². The average molecular weight is 415 g/mol. The fourth-order valence-electron chi connectivity index (χ4n) is 2.50. The van der Waals surface area contributed by atoms with Gasteiger partial charge in [0.15, 0.2) is 0 Å². The number of hydrogen-bond acceptors (Lipinski definition) is 3. The molecule has 0 spiro atoms. The van der Waals surface area contributed by atoms with Gasteiger partial charge < -0.3 is 14.8 Å². The van der Waals surface area contributed by atoms with Gasteiger partial charge in [-0.05, 0) is 17.7 Å². The molecule has 1 unspecified atom stereocenters. The molecular weight excluding hydrogens is 400 g/mol. The molecule has 26 heavy (non-hydrogen) atoms. The standard InChI is InChI=1S/C15H15Cl2F3N2O4/c1-21(12(24)15(18,19)20)8-14(5-6-23,22(2)13(25)26)9-3-4-10(16)11(17)7-9/h3-4,6-7H,5,8H2,1-2H3,(H,25,26). The van der Waals surface area contributed by atoms with E-state index in [1.54, 1.807) is 0 Å². The highest BCUT2D eigenvalue weighted by Crippen LogP contribution is 2.36. The molecule has 0 radical (unpaired) electrons. The summed E-state index contributed by atoms with van der Waals surface area (Å²) in [5.41, 5.74) is -1.68. The maximum Gasteiger partial charge on any atom is 0.471 e. The van der Waals surface area contributed by atoms with Gasteiger partial charge in [0.2, 0.25) is 0 Å². The molecule has 0 aliphatic rings. The monoisotopic (exact) mass is 414 g/mol. The minimum absolute atomic E-state index is 0.0167. The SMILES string of the molecule is CN(CC(CC=O)(c1ccc(Cl)c(Cl)c1)N(C)C(=O)O)C(=O)C(F)(F)F. The molecule has 1 aromatic carbocycles. The van der Waals surface area contributed by atoms with Crippen LogP contribution in [0.25, 0.3) is 0 Å². The number of halogens is 5. The summed E-state index contributed by atoms with van der Waals surface area (Å²) in [6.07, 6.45) is -6.82. The number of nitrogens with zero attached hydrogens (tertiary/aromatic N) is 2. The molecule has 6 nitrogen and oxygen atoms in total. The molecule has 0 aliphatic heterocycles. The molecule has 0 fully saturated rings. The molecule has 0 heterocycles. The number of carbonyl (C=O) groups excluding carboxylic acids is 2. The van der Waals surface area contributed by atoms with Crippen molar-refractivity contribution in [2.24, 2.45) is 0 Å². The Morgan fingerprint density at radius 1 is 1.19 bits per heavy atom. The molecule has 0 aliphatic carbocycles. The van der Waals surface area contributed by atoms with Crippen LogP contribution in [0.2, 0.25) is 10.0 Å². The van der Waals surface area contributed by atoms with Crippen molar-refractivity contribution in [2.75, 3.05) is 20.6 Å². The van der Waals surface area contributed by atoms with Gasteiger partial charge in [0.05, 0.1) is 15.6 Å². The summed E-state index contributed by atoms with van der Waals surface area (Å²) in [6.45, 7) is -0.731. The Morgan fingerprint density at radius 3 is 2.19 bits per heavy atom. The summed E-state index contributed by atoms with van der Waals surface area (Å²) in [7, 11) is 1.95. The lowest BCUT2D eigenvalue weighted by Gasteiger charge is -2.42. The van der Waals surface area contributed by atoms with Gasteiger partial charge in [-0.2, -0.15) is 13.2 Å². The molecule has 0 saturated heterocycles. The van der Waals surface area contributed by atoms with E-state index in [4.69, 9.17) is 23.2 Å². The van der Waals surface area contributed by atoms with Crippen LogP contribution in [-0.2, 0) is 15.1 Å². The summed E-state index contributed by atoms with van der Waals surface area (Å²) in [4.78, 5) is 35.2. The van der Waals surface area contributed by atoms with Gasteiger partial charge in [-0.1, -0.05) is 29.3 Å². The second-order valence-electron chi connectivity index (χ2n) is 5.53. The fraction of sp³-hybridized carbons (Fsp3) is 0.400. The lowest BCUT2D eigenvalue weighted by Crippen LogP contribution is -2.55. The van der Waals surface area contributed by atoms with Gasteiger partial charge in [0.1, 0.15) is 6.29 Å². The lowest BCUT2D eigenvalue weighted by molar-refractivity contribution is -0.185. The number of aldehydes is 1. The fourth-order valence-corrected chi connectivity index (χ4v) is 2.80. The van der Waals surface area contributed by atoms with Gasteiger partial charge in [-0.15, -0.1) is 0 Å². The molecule has 11 heteroatoms. The average Bonchev–Trinajstić information content (AvgIpc) is 2.54. The van der Waals surface area contributed by atoms with Gasteiger partial charge in [-0.25, -0.2) is 4.79 Å². The second kappa shape index (κ2) is 8.13. The summed E-state index contributed by atoms with van der Waals surface area (Å²) in [5.74, 6) is -2.17. The van der Waals surface area contributed by atoms with Crippen molar-refractivity contribution in [1.82, 2.24) is 9.80 Å². The van der Waals surface area contributed by atoms with Gasteiger partial charge in [0, 0.05) is 27.1 Å². The van der Waals surface area contributed by atoms with Crippen LogP contribution in [-0.4, -0.2) is 60.0 Å². The predicted octanol–water partition coefficient (Wildman–Crippen LogP) is 3.41. The molecule has 2 amide bonds. The molecule has 1 aromatic rings. The number of alkyl halides is 3. The van der Waals surface area contributed by atoms with Crippen LogP contribution in [0, 0.1) is 0 Å². The quantitative estimate of drug-likeness (QED) is 0.723. The van der Waals surface area contributed by atoms with Crippen LogP contribution in [0.1, 0.15) is 12.0 Å². The third-order valence-corrected chi connectivity index (χ3v) is 4.63. The summed E-state index contributed by atoms with van der Waals surface area (Å²) in [6, 6.07) is 3.90. The molecule has 0 saturated carbocycles. The molecule has 1 N–H and O–H groups in total. The molecule has 0 bridgehead atoms. The van der Waals surface area contributed by atoms with Crippen molar-refractivity contribution in [3.05, 3.63) is 33.8 Å². The molecule has 144 valence electrons. The van der Waals surface area contributed by atoms with Gasteiger partial charge >= 0.3 is 18.2 Å². The predicted molar refractivity (Wildman–Crippen MR) is 88.3 cm³/mol. The number of hydrogen-bond donors (Lipinski definition) is 1. The third-order valence-electron chi connectivity index (χ3n) is 3.89. The van der Waals surface area contributed by atoms with Crippen molar-refractivity contribution in [3.63, 3.8) is 0 Å². The Bertz CT molecular complexity index is 715. The molecule has 0 aromatic heterocycles. The maximum atomic E-state index is 12.7. The number of rotatable bonds is 6. The molecular formula is C15H15Cl2F3N2O4. The van der Waals surface area contributed by atoms with Crippen LogP contribution in [0.5, 0.6) is 0 Å². The van der Waals surface area contributed by atoms with Crippen molar-refractivity contribution < 1.29 is 32.7 Å². The number of amides is 2. The van der Waals surface area contributed by atoms with E-state index < -0.39 is 36.7 Å². The van der Waals surface area contributed by atoms with E-state index in [1.807, 2.05) is 0 Å². The van der Waals surface area contributed by atoms with Crippen molar-refractivity contribution >= 4 is 41.5 Å². The number of likely N-dealkylation sites (N-methyl/N-ethyl adjacent to an activating group) is 2. The van der Waals surface area contributed by atoms with E-state index in [0.29, 0.717) is 16.1 Å². The first-order valence-corrected chi connectivity index (χ1v) is 7.80. The minimum Gasteiger partial charge on any atom is -0.465 e. The Kier molecular flexibility index (Phi) is 6.89. The zero-order valence-corrected chi connectivity index (χ0v) is 15.2. The Labute approximate surface area is 157 Å². The number of carbonyl (C=O) groups is 3. The highest BCUT2D eigenvalue weighted by Gasteiger charge is 2.46. The maximum absolute atomic E-state index is 12.7. The van der Waals surface area contributed by atoms with Crippen LogP contribution in [0.3, 0.4) is 0 Å². The smallest absolute Gasteiger partial charge is 0.465 e. The van der Waals surface area contributed by atoms with Crippen LogP contribution in [0.4, 0.5) is 18.0 Å². The molecule has 1 atom stereocenters. The first kappa shape index (κ1) is 22.0. The van der Waals surface area contributed by atoms with E-state index in [9.17, 15) is 32.7 Å². The Morgan fingerprint density at radius 2 is 1.77 bits per heavy atom. The van der Waals surface area contributed by atoms with Crippen LogP contribution in [0.15, 0.2) is 18.2 Å². The van der Waals surface area contributed by atoms with E-state index in [2.05, 4.69) is 0 Å². The lowest BCUT2D eigenvalue weighted by atomic mass is 9.85. The van der Waals surface area contributed by atoms with Crippen molar-refractivity contribution in [1.29, 1.82) is 0 Å². The first-order valence-electron chi connectivity index (χ1n) is 7.05. The summed E-state index contributed by atoms with van der Waals surface area (Å²) < 4.78 is 38.1. The highest BCUT2D eigenvalue weighted by atomic mass is 35.5. The van der Waals surface area contributed by atoms with E-state index in [-0.39, 0.29) is 15.6 Å². The van der Waals surface area contributed by atoms with E-state index in [0.717, 1.165) is 14.1 Å². The Balaban J connectivity index is 3.53. The number of benzene rings is 1. The summed E-state index contributed by atoms with van der Waals surface area (Å²) >= 11 is 11.8. The first-order chi connectivity index (χ1) is 11.9. The van der Waals surface area contributed by atoms with Crippen molar-refractivity contribution in [2.45, 2.75) is 18.1 Å². The Hall–Kier alpha value is -2.00. The van der Waals surface area contributed by atoms with Gasteiger partial charge in [0.25, 0.3) is 0 Å². The third kappa shape index (κ3) is 4.59. The number of carboxylic acid groups (broad SMARTS) is 1. The zero-order chi connectivity index (χ0) is 20.3. The minimum atomic E-state index is -5.15. The second-order valence-corrected chi connectivity index (χ2v) is 6.35. The highest BCUT2D eigenvalue weighted by molar-refractivity contribution is 6.42. The normalized spacial score (nSPS) is 13.7. The van der Waals surface area contributed by atoms with Crippen molar-refractivity contribution in [3.8, 4) is 0 Å². The van der Waals surface area contributed by atoms with Crippen LogP contribution >= 0.6 is 23.2 Å². The van der Waals surface area contributed by atoms with E-state index >= 15 is 0 Å².